The van der Waals surface area contributed by atoms with Crippen molar-refractivity contribution in [3.8, 4) is 5.88 Å². The summed E-state index contributed by atoms with van der Waals surface area (Å²) in [4.78, 5) is 18.7. The van der Waals surface area contributed by atoms with Crippen molar-refractivity contribution in [1.29, 1.82) is 0 Å². The molecule has 0 amide bonds. The van der Waals surface area contributed by atoms with Crippen LogP contribution in [0, 0.1) is 5.41 Å². The zero-order chi connectivity index (χ0) is 20.0. The number of aliphatic hydroxyl groups excluding tert-OH is 1. The van der Waals surface area contributed by atoms with E-state index in [1.54, 1.807) is 13.2 Å². The summed E-state index contributed by atoms with van der Waals surface area (Å²) in [5.41, 5.74) is 0.872. The lowest BCUT2D eigenvalue weighted by Crippen LogP contribution is -2.55. The highest BCUT2D eigenvalue weighted by Gasteiger charge is 2.48. The molecule has 1 aliphatic rings. The summed E-state index contributed by atoms with van der Waals surface area (Å²) in [6, 6.07) is 15.6. The Morgan fingerprint density at radius 3 is 2.75 bits per heavy atom. The van der Waals surface area contributed by atoms with Crippen LogP contribution in [-0.2, 0) is 17.8 Å². The minimum Gasteiger partial charge on any atom is -0.481 e. The van der Waals surface area contributed by atoms with E-state index < -0.39 is 17.5 Å². The third-order valence-corrected chi connectivity index (χ3v) is 5.60. The summed E-state index contributed by atoms with van der Waals surface area (Å²) in [7, 11) is 1.57. The van der Waals surface area contributed by atoms with Gasteiger partial charge in [0.2, 0.25) is 5.88 Å². The molecule has 1 aliphatic heterocycles. The Labute approximate surface area is 165 Å². The van der Waals surface area contributed by atoms with Crippen LogP contribution in [0.25, 0.3) is 0 Å². The first-order valence-corrected chi connectivity index (χ1v) is 9.71. The van der Waals surface area contributed by atoms with E-state index in [0.717, 1.165) is 18.5 Å². The van der Waals surface area contributed by atoms with Crippen molar-refractivity contribution in [3.05, 3.63) is 59.8 Å². The molecule has 0 unspecified atom stereocenters. The van der Waals surface area contributed by atoms with Gasteiger partial charge < -0.3 is 14.9 Å². The van der Waals surface area contributed by atoms with Gasteiger partial charge in [-0.2, -0.15) is 0 Å². The first-order valence-electron chi connectivity index (χ1n) is 9.71. The fraction of sp³-hybridized carbons (Fsp3) is 0.455. The molecule has 0 radical (unpaired) electrons. The lowest BCUT2D eigenvalue weighted by atomic mass is 9.73. The third-order valence-electron chi connectivity index (χ3n) is 5.60. The van der Waals surface area contributed by atoms with E-state index in [-0.39, 0.29) is 0 Å². The van der Waals surface area contributed by atoms with Crippen LogP contribution in [0.5, 0.6) is 5.88 Å². The summed E-state index contributed by atoms with van der Waals surface area (Å²) in [6.07, 6.45) is 1.58. The predicted molar refractivity (Wildman–Crippen MR) is 106 cm³/mol. The van der Waals surface area contributed by atoms with Crippen molar-refractivity contribution in [2.24, 2.45) is 5.41 Å². The number of likely N-dealkylation sites (tertiary alicyclic amines) is 1. The van der Waals surface area contributed by atoms with Gasteiger partial charge in [-0.05, 0) is 37.3 Å². The van der Waals surface area contributed by atoms with E-state index in [0.29, 0.717) is 38.4 Å². The van der Waals surface area contributed by atoms with Crippen LogP contribution in [0.4, 0.5) is 0 Å². The number of hydrogen-bond acceptors (Lipinski definition) is 5. The molecule has 2 atom stereocenters. The topological polar surface area (TPSA) is 82.9 Å². The van der Waals surface area contributed by atoms with Gasteiger partial charge in [0.05, 0.1) is 18.9 Å². The SMILES string of the molecule is COc1cccc(CN2CC[C@@H](O)[C@](CCCc3ccccc3)(C(=O)O)C2)n1. The summed E-state index contributed by atoms with van der Waals surface area (Å²) in [5.74, 6) is -0.377. The van der Waals surface area contributed by atoms with Gasteiger partial charge in [-0.3, -0.25) is 9.69 Å². The summed E-state index contributed by atoms with van der Waals surface area (Å²) in [5, 5.41) is 20.6. The standard InChI is InChI=1S/C22H28N2O4/c1-28-20-11-5-10-18(23-20)15-24-14-12-19(25)22(16-24,21(26)27)13-6-9-17-7-3-2-4-8-17/h2-5,7-8,10-11,19,25H,6,9,12-16H2,1H3,(H,26,27)/t19-,22-/m1/s1. The molecule has 0 saturated carbocycles. The van der Waals surface area contributed by atoms with Gasteiger partial charge >= 0.3 is 5.97 Å². The van der Waals surface area contributed by atoms with Crippen LogP contribution >= 0.6 is 0 Å². The van der Waals surface area contributed by atoms with Gasteiger partial charge in [0.15, 0.2) is 0 Å². The zero-order valence-corrected chi connectivity index (χ0v) is 16.3. The molecule has 0 aliphatic carbocycles. The number of hydrogen-bond donors (Lipinski definition) is 2. The molecule has 6 nitrogen and oxygen atoms in total. The van der Waals surface area contributed by atoms with Crippen LogP contribution in [0.1, 0.15) is 30.5 Å². The molecule has 1 fully saturated rings. The van der Waals surface area contributed by atoms with Gasteiger partial charge in [0.1, 0.15) is 5.41 Å². The molecule has 2 N–H and O–H groups in total. The molecule has 1 aromatic heterocycles. The number of carboxylic acid groups (broad SMARTS) is 1. The minimum atomic E-state index is -1.15. The average molecular weight is 384 g/mol. The summed E-state index contributed by atoms with van der Waals surface area (Å²) < 4.78 is 5.17. The molecule has 1 saturated heterocycles. The molecule has 3 rings (SSSR count). The Balaban J connectivity index is 1.68. The van der Waals surface area contributed by atoms with Crippen molar-refractivity contribution in [2.75, 3.05) is 20.2 Å². The smallest absolute Gasteiger partial charge is 0.313 e. The van der Waals surface area contributed by atoms with Crippen LogP contribution in [0.3, 0.4) is 0 Å². The van der Waals surface area contributed by atoms with E-state index in [2.05, 4.69) is 9.88 Å². The third kappa shape index (κ3) is 4.69. The lowest BCUT2D eigenvalue weighted by Gasteiger charge is -2.43. The van der Waals surface area contributed by atoms with E-state index in [1.165, 1.54) is 5.56 Å². The predicted octanol–water partition coefficient (Wildman–Crippen LogP) is 2.75. The van der Waals surface area contributed by atoms with E-state index in [4.69, 9.17) is 4.74 Å². The molecular formula is C22H28N2O4. The molecule has 6 heteroatoms. The first kappa shape index (κ1) is 20.3. The number of pyridine rings is 1. The van der Waals surface area contributed by atoms with Crippen molar-refractivity contribution in [1.82, 2.24) is 9.88 Å². The van der Waals surface area contributed by atoms with Gasteiger partial charge in [0, 0.05) is 25.7 Å². The zero-order valence-electron chi connectivity index (χ0n) is 16.3. The molecule has 0 bridgehead atoms. The van der Waals surface area contributed by atoms with Gasteiger partial charge in [0.25, 0.3) is 0 Å². The van der Waals surface area contributed by atoms with E-state index in [9.17, 15) is 15.0 Å². The molecular weight excluding hydrogens is 356 g/mol. The van der Waals surface area contributed by atoms with Gasteiger partial charge in [-0.15, -0.1) is 0 Å². The fourth-order valence-corrected chi connectivity index (χ4v) is 4.00. The maximum Gasteiger partial charge on any atom is 0.313 e. The highest BCUT2D eigenvalue weighted by molar-refractivity contribution is 5.76. The second-order valence-electron chi connectivity index (χ2n) is 7.49. The van der Waals surface area contributed by atoms with Crippen molar-refractivity contribution in [3.63, 3.8) is 0 Å². The maximum atomic E-state index is 12.2. The molecule has 150 valence electrons. The highest BCUT2D eigenvalue weighted by Crippen LogP contribution is 2.36. The van der Waals surface area contributed by atoms with E-state index >= 15 is 0 Å². The Bertz CT molecular complexity index is 783. The number of aryl methyl sites for hydroxylation is 1. The normalized spacial score (nSPS) is 22.7. The quantitative estimate of drug-likeness (QED) is 0.728. The number of rotatable bonds is 8. The average Bonchev–Trinajstić information content (AvgIpc) is 2.71. The van der Waals surface area contributed by atoms with Crippen LogP contribution < -0.4 is 4.74 Å². The molecule has 2 heterocycles. The largest absolute Gasteiger partial charge is 0.481 e. The number of methoxy groups -OCH3 is 1. The van der Waals surface area contributed by atoms with Crippen LogP contribution in [-0.4, -0.2) is 52.4 Å². The Morgan fingerprint density at radius 2 is 2.04 bits per heavy atom. The van der Waals surface area contributed by atoms with Crippen molar-refractivity contribution < 1.29 is 19.7 Å². The number of carbonyl (C=O) groups is 1. The Kier molecular flexibility index (Phi) is 6.65. The number of aliphatic hydroxyl groups is 1. The summed E-state index contributed by atoms with van der Waals surface area (Å²) in [6.45, 7) is 1.50. The monoisotopic (exact) mass is 384 g/mol. The number of ether oxygens (including phenoxy) is 1. The van der Waals surface area contributed by atoms with E-state index in [1.807, 2.05) is 42.5 Å². The highest BCUT2D eigenvalue weighted by atomic mass is 16.5. The van der Waals surface area contributed by atoms with Crippen LogP contribution in [0.15, 0.2) is 48.5 Å². The Morgan fingerprint density at radius 1 is 1.25 bits per heavy atom. The second-order valence-corrected chi connectivity index (χ2v) is 7.49. The van der Waals surface area contributed by atoms with Crippen molar-refractivity contribution >= 4 is 5.97 Å². The first-order chi connectivity index (χ1) is 13.5. The second kappa shape index (κ2) is 9.17. The maximum absolute atomic E-state index is 12.2. The molecule has 0 spiro atoms. The number of nitrogens with zero attached hydrogens (tertiary/aromatic N) is 2. The molecule has 28 heavy (non-hydrogen) atoms. The van der Waals surface area contributed by atoms with Gasteiger partial charge in [-0.25, -0.2) is 4.98 Å². The minimum absolute atomic E-state index is 0.317. The Hall–Kier alpha value is -2.44. The number of carboxylic acids is 1. The lowest BCUT2D eigenvalue weighted by molar-refractivity contribution is -0.164. The number of aromatic nitrogens is 1. The number of piperidine rings is 1. The van der Waals surface area contributed by atoms with Crippen LogP contribution in [0.2, 0.25) is 0 Å². The molecule has 1 aromatic carbocycles. The molecule has 2 aromatic rings. The van der Waals surface area contributed by atoms with Gasteiger partial charge in [-0.1, -0.05) is 36.4 Å². The fourth-order valence-electron chi connectivity index (χ4n) is 4.00. The summed E-state index contributed by atoms with van der Waals surface area (Å²) >= 11 is 0. The number of benzene rings is 1. The number of aliphatic carboxylic acids is 1. The van der Waals surface area contributed by atoms with Crippen molar-refractivity contribution in [2.45, 2.75) is 38.3 Å².